The van der Waals surface area contributed by atoms with Gasteiger partial charge in [0, 0.05) is 7.11 Å². The Labute approximate surface area is 126 Å². The van der Waals surface area contributed by atoms with Crippen LogP contribution in [0.25, 0.3) is 0 Å². The Balaban J connectivity index is 2.75. The summed E-state index contributed by atoms with van der Waals surface area (Å²) >= 11 is 0. The van der Waals surface area contributed by atoms with Gasteiger partial charge in [0.2, 0.25) is 10.0 Å². The van der Waals surface area contributed by atoms with E-state index in [4.69, 9.17) is 15.2 Å². The van der Waals surface area contributed by atoms with Gasteiger partial charge in [0.15, 0.2) is 0 Å². The second kappa shape index (κ2) is 7.74. The zero-order valence-electron chi connectivity index (χ0n) is 12.8. The minimum absolute atomic E-state index is 0.192. The van der Waals surface area contributed by atoms with Crippen molar-refractivity contribution in [3.63, 3.8) is 0 Å². The minimum atomic E-state index is -3.59. The van der Waals surface area contributed by atoms with Crippen LogP contribution >= 0.6 is 0 Å². The molecule has 1 rings (SSSR count). The summed E-state index contributed by atoms with van der Waals surface area (Å²) in [6.45, 7) is 4.88. The molecule has 0 spiro atoms. The molecule has 0 aliphatic heterocycles. The van der Waals surface area contributed by atoms with Crippen LogP contribution in [-0.2, 0) is 14.8 Å². The maximum atomic E-state index is 12.3. The molecular weight excluding hydrogens is 292 g/mol. The lowest BCUT2D eigenvalue weighted by atomic mass is 10.1. The third-order valence-electron chi connectivity index (χ3n) is 2.67. The SMILES string of the molecule is COCC(C)(C)NS(=O)(=O)c1ccc(OCCCN)cc1. The lowest BCUT2D eigenvalue weighted by molar-refractivity contribution is 0.141. The first-order valence-corrected chi connectivity index (χ1v) is 8.25. The fourth-order valence-corrected chi connectivity index (χ4v) is 3.20. The van der Waals surface area contributed by atoms with Crippen LogP contribution in [0.1, 0.15) is 20.3 Å². The maximum absolute atomic E-state index is 12.3. The molecule has 0 saturated carbocycles. The average Bonchev–Trinajstić information content (AvgIpc) is 2.38. The van der Waals surface area contributed by atoms with Crippen LogP contribution in [0.15, 0.2) is 29.2 Å². The van der Waals surface area contributed by atoms with Crippen molar-refractivity contribution in [2.45, 2.75) is 30.7 Å². The first-order valence-electron chi connectivity index (χ1n) is 6.76. The number of hydrogen-bond acceptors (Lipinski definition) is 5. The van der Waals surface area contributed by atoms with Gasteiger partial charge < -0.3 is 15.2 Å². The summed E-state index contributed by atoms with van der Waals surface area (Å²) in [5.74, 6) is 0.624. The van der Waals surface area contributed by atoms with Crippen molar-refractivity contribution in [1.29, 1.82) is 0 Å². The van der Waals surface area contributed by atoms with Crippen LogP contribution in [0.5, 0.6) is 5.75 Å². The van der Waals surface area contributed by atoms with E-state index in [2.05, 4.69) is 4.72 Å². The zero-order chi connectivity index (χ0) is 15.9. The molecule has 120 valence electrons. The summed E-state index contributed by atoms with van der Waals surface area (Å²) < 4.78 is 37.6. The molecule has 0 fully saturated rings. The molecule has 6 nitrogen and oxygen atoms in total. The van der Waals surface area contributed by atoms with Gasteiger partial charge in [-0.2, -0.15) is 0 Å². The molecule has 1 aromatic carbocycles. The van der Waals surface area contributed by atoms with E-state index in [-0.39, 0.29) is 11.5 Å². The molecule has 0 heterocycles. The number of hydrogen-bond donors (Lipinski definition) is 2. The lowest BCUT2D eigenvalue weighted by Gasteiger charge is -2.24. The topological polar surface area (TPSA) is 90.6 Å². The smallest absolute Gasteiger partial charge is 0.241 e. The monoisotopic (exact) mass is 316 g/mol. The number of rotatable bonds is 9. The van der Waals surface area contributed by atoms with Crippen LogP contribution in [0.3, 0.4) is 0 Å². The highest BCUT2D eigenvalue weighted by atomic mass is 32.2. The van der Waals surface area contributed by atoms with Gasteiger partial charge in [-0.05, 0) is 51.1 Å². The molecule has 1 aromatic rings. The van der Waals surface area contributed by atoms with Gasteiger partial charge in [-0.1, -0.05) is 0 Å². The van der Waals surface area contributed by atoms with Gasteiger partial charge in [0.05, 0.1) is 23.6 Å². The fraction of sp³-hybridized carbons (Fsp3) is 0.571. The molecular formula is C14H24N2O4S. The Kier molecular flexibility index (Phi) is 6.60. The number of sulfonamides is 1. The molecule has 0 amide bonds. The summed E-state index contributed by atoms with van der Waals surface area (Å²) in [6.07, 6.45) is 0.757. The number of nitrogens with one attached hydrogen (secondary N) is 1. The Bertz CT molecular complexity index is 526. The summed E-state index contributed by atoms with van der Waals surface area (Å²) in [5.41, 5.74) is 4.70. The summed E-state index contributed by atoms with van der Waals surface area (Å²) in [7, 11) is -2.06. The van der Waals surface area contributed by atoms with Crippen molar-refractivity contribution < 1.29 is 17.9 Å². The summed E-state index contributed by atoms with van der Waals surface area (Å²) in [5, 5.41) is 0. The molecule has 0 bridgehead atoms. The first kappa shape index (κ1) is 17.9. The number of benzene rings is 1. The zero-order valence-corrected chi connectivity index (χ0v) is 13.6. The van der Waals surface area contributed by atoms with E-state index < -0.39 is 15.6 Å². The second-order valence-electron chi connectivity index (χ2n) is 5.38. The van der Waals surface area contributed by atoms with Crippen molar-refractivity contribution in [2.75, 3.05) is 26.9 Å². The van der Waals surface area contributed by atoms with Gasteiger partial charge in [-0.25, -0.2) is 13.1 Å². The molecule has 0 unspecified atom stereocenters. The predicted molar refractivity (Wildman–Crippen MR) is 81.9 cm³/mol. The number of ether oxygens (including phenoxy) is 2. The van der Waals surface area contributed by atoms with Gasteiger partial charge in [0.1, 0.15) is 5.75 Å². The van der Waals surface area contributed by atoms with E-state index in [0.29, 0.717) is 18.9 Å². The molecule has 0 aliphatic rings. The molecule has 0 radical (unpaired) electrons. The first-order chi connectivity index (χ1) is 9.80. The van der Waals surface area contributed by atoms with Crippen molar-refractivity contribution in [3.8, 4) is 5.75 Å². The van der Waals surface area contributed by atoms with E-state index in [9.17, 15) is 8.42 Å². The molecule has 0 atom stereocenters. The van der Waals surface area contributed by atoms with Gasteiger partial charge in [0.25, 0.3) is 0 Å². The van der Waals surface area contributed by atoms with Crippen molar-refractivity contribution in [2.24, 2.45) is 5.73 Å². The largest absolute Gasteiger partial charge is 0.494 e. The third-order valence-corrected chi connectivity index (χ3v) is 4.38. The normalized spacial score (nSPS) is 12.4. The van der Waals surface area contributed by atoms with Crippen LogP contribution in [-0.4, -0.2) is 40.8 Å². The highest BCUT2D eigenvalue weighted by Gasteiger charge is 2.26. The fourth-order valence-electron chi connectivity index (χ4n) is 1.80. The van der Waals surface area contributed by atoms with Crippen molar-refractivity contribution >= 4 is 10.0 Å². The van der Waals surface area contributed by atoms with E-state index in [1.165, 1.54) is 19.2 Å². The summed E-state index contributed by atoms with van der Waals surface area (Å²) in [4.78, 5) is 0.192. The molecule has 0 aromatic heterocycles. The van der Waals surface area contributed by atoms with E-state index in [1.807, 2.05) is 0 Å². The molecule has 0 aliphatic carbocycles. The van der Waals surface area contributed by atoms with Crippen LogP contribution in [0.2, 0.25) is 0 Å². The van der Waals surface area contributed by atoms with Gasteiger partial charge in [-0.15, -0.1) is 0 Å². The van der Waals surface area contributed by atoms with E-state index in [1.54, 1.807) is 26.0 Å². The standard InChI is InChI=1S/C14H24N2O4S/c1-14(2,11-19-3)16-21(17,18)13-7-5-12(6-8-13)20-10-4-9-15/h5-8,16H,4,9-11,15H2,1-3H3. The highest BCUT2D eigenvalue weighted by molar-refractivity contribution is 7.89. The summed E-state index contributed by atoms with van der Waals surface area (Å²) in [6, 6.07) is 6.30. The van der Waals surface area contributed by atoms with Crippen LogP contribution in [0, 0.1) is 0 Å². The predicted octanol–water partition coefficient (Wildman–Crippen LogP) is 1.12. The Hall–Kier alpha value is -1.15. The van der Waals surface area contributed by atoms with Crippen LogP contribution < -0.4 is 15.2 Å². The Morgan fingerprint density at radius 3 is 2.38 bits per heavy atom. The Morgan fingerprint density at radius 1 is 1.24 bits per heavy atom. The highest BCUT2D eigenvalue weighted by Crippen LogP contribution is 2.18. The average molecular weight is 316 g/mol. The van der Waals surface area contributed by atoms with E-state index >= 15 is 0 Å². The minimum Gasteiger partial charge on any atom is -0.494 e. The second-order valence-corrected chi connectivity index (χ2v) is 7.07. The number of methoxy groups -OCH3 is 1. The van der Waals surface area contributed by atoms with E-state index in [0.717, 1.165) is 6.42 Å². The molecule has 7 heteroatoms. The van der Waals surface area contributed by atoms with Crippen LogP contribution in [0.4, 0.5) is 0 Å². The molecule has 0 saturated heterocycles. The van der Waals surface area contributed by atoms with Crippen molar-refractivity contribution in [3.05, 3.63) is 24.3 Å². The Morgan fingerprint density at radius 2 is 1.86 bits per heavy atom. The number of nitrogens with two attached hydrogens (primary N) is 1. The lowest BCUT2D eigenvalue weighted by Crippen LogP contribution is -2.46. The van der Waals surface area contributed by atoms with Crippen molar-refractivity contribution in [1.82, 2.24) is 4.72 Å². The quantitative estimate of drug-likeness (QED) is 0.666. The molecule has 3 N–H and O–H groups in total. The maximum Gasteiger partial charge on any atom is 0.241 e. The van der Waals surface area contributed by atoms with Gasteiger partial charge in [-0.3, -0.25) is 0 Å². The molecule has 21 heavy (non-hydrogen) atoms. The van der Waals surface area contributed by atoms with Gasteiger partial charge >= 0.3 is 0 Å². The third kappa shape index (κ3) is 6.01.